The molecule has 0 radical (unpaired) electrons. The summed E-state index contributed by atoms with van der Waals surface area (Å²) in [5.74, 6) is -0.373. The number of hydrogen-bond acceptors (Lipinski definition) is 8. The third kappa shape index (κ3) is 8.05. The Morgan fingerprint density at radius 3 is 2.23 bits per heavy atom. The van der Waals surface area contributed by atoms with Crippen molar-refractivity contribution in [3.8, 4) is 0 Å². The Morgan fingerprint density at radius 1 is 0.917 bits per heavy atom. The fourth-order valence-corrected chi connectivity index (χ4v) is 14.3. The van der Waals surface area contributed by atoms with Crippen molar-refractivity contribution in [3.63, 3.8) is 0 Å². The normalized spacial score (nSPS) is 34.2. The minimum atomic E-state index is -1.18. The number of Topliss-reactive ketones (excluding diaryl/α,β-unsaturated/α-hetero) is 1. The van der Waals surface area contributed by atoms with Crippen LogP contribution in [0.5, 0.6) is 0 Å². The highest BCUT2D eigenvalue weighted by Gasteiger charge is 2.71. The lowest BCUT2D eigenvalue weighted by Gasteiger charge is -2.72. The van der Waals surface area contributed by atoms with Gasteiger partial charge in [-0.25, -0.2) is 0 Å². The predicted octanol–water partition coefficient (Wildman–Crippen LogP) is 9.68. The topological polar surface area (TPSA) is 113 Å². The molecule has 5 aliphatic rings. The Labute approximate surface area is 361 Å². The van der Waals surface area contributed by atoms with Gasteiger partial charge in [-0.2, -0.15) is 0 Å². The Bertz CT molecular complexity index is 1860. The minimum Gasteiger partial charge on any atom is -0.481 e. The number of allylic oxidation sites excluding steroid dienone is 1. The molecule has 1 aromatic rings. The first-order valence-corrected chi connectivity index (χ1v) is 23.1. The molecule has 9 nitrogen and oxygen atoms in total. The fourth-order valence-electron chi connectivity index (χ4n) is 14.3. The maximum atomic E-state index is 14.6. The van der Waals surface area contributed by atoms with Crippen LogP contribution in [0.3, 0.4) is 0 Å². The van der Waals surface area contributed by atoms with Crippen molar-refractivity contribution in [2.24, 2.45) is 56.2 Å². The molecule has 0 saturated heterocycles. The number of carboxylic acids is 1. The maximum absolute atomic E-state index is 14.6. The van der Waals surface area contributed by atoms with Gasteiger partial charge in [0.05, 0.1) is 11.8 Å². The monoisotopic (exact) mass is 831 g/mol. The predicted molar refractivity (Wildman–Crippen MR) is 236 cm³/mol. The van der Waals surface area contributed by atoms with Crippen LogP contribution in [0.4, 0.5) is 0 Å². The van der Waals surface area contributed by atoms with Crippen LogP contribution in [0.1, 0.15) is 145 Å². The van der Waals surface area contributed by atoms with Gasteiger partial charge in [-0.05, 0) is 143 Å². The SMILES string of the molecule is CC(=O)O[C@@H](CN(CCN(C)C)Cc1cccc(C)c1)[C@@]12CC[C@]3(C)[C@H](CC[C@@H]4[C@@]5(C)CC[C@H](OC(=O)CC(C)(C)C(=O)O)C(C)(C)[C@@H]5CC[C@]43C)C1=C(C(C)C)C(=O)C2. The van der Waals surface area contributed by atoms with Gasteiger partial charge < -0.3 is 19.5 Å². The maximum Gasteiger partial charge on any atom is 0.309 e. The number of aryl methyl sites for hydroxylation is 1. The highest BCUT2D eigenvalue weighted by Crippen LogP contribution is 2.77. The van der Waals surface area contributed by atoms with Crippen LogP contribution in [0.25, 0.3) is 0 Å². The zero-order valence-corrected chi connectivity index (χ0v) is 39.5. The summed E-state index contributed by atoms with van der Waals surface area (Å²) < 4.78 is 12.8. The highest BCUT2D eigenvalue weighted by atomic mass is 16.5. The summed E-state index contributed by atoms with van der Waals surface area (Å²) in [5, 5.41) is 9.68. The summed E-state index contributed by atoms with van der Waals surface area (Å²) in [6.07, 6.45) is 7.25. The number of esters is 2. The van der Waals surface area contributed by atoms with Crippen LogP contribution in [0.2, 0.25) is 0 Å². The standard InChI is InChI=1S/C51H78N2O7/c1-32(2)43-37(55)28-51(41(59-34(4)54)31-53(26-25-52(12)13)30-35-16-14-15-33(3)27-35)24-23-49(10)36(44(43)51)17-18-39-48(9)21-20-40(60-42(56)29-46(5,6)45(57)58)47(7,8)38(48)19-22-50(39,49)11/h14-16,27,32,36,38-41H,17-26,28-31H2,1-13H3,(H,57,58)/t36-,38+,39-,40+,41+,48+,49-,50-,51+/m1/s1. The summed E-state index contributed by atoms with van der Waals surface area (Å²) in [5.41, 5.74) is 2.77. The lowest BCUT2D eigenvalue weighted by atomic mass is 9.33. The number of benzene rings is 1. The van der Waals surface area contributed by atoms with Gasteiger partial charge in [-0.3, -0.25) is 24.1 Å². The van der Waals surface area contributed by atoms with E-state index >= 15 is 0 Å². The number of carbonyl (C=O) groups is 4. The molecule has 9 atom stereocenters. The van der Waals surface area contributed by atoms with Gasteiger partial charge in [0.1, 0.15) is 12.2 Å². The van der Waals surface area contributed by atoms with E-state index in [1.807, 2.05) is 0 Å². The lowest BCUT2D eigenvalue weighted by molar-refractivity contribution is -0.235. The molecule has 0 aromatic heterocycles. The first-order chi connectivity index (χ1) is 27.8. The summed E-state index contributed by atoms with van der Waals surface area (Å²) in [7, 11) is 4.19. The van der Waals surface area contributed by atoms with E-state index < -0.39 is 28.9 Å². The van der Waals surface area contributed by atoms with Crippen LogP contribution in [0, 0.1) is 63.1 Å². The van der Waals surface area contributed by atoms with E-state index in [1.54, 1.807) is 13.8 Å². The second-order valence-electron chi connectivity index (χ2n) is 22.7. The molecule has 0 amide bonds. The number of nitrogens with zero attached hydrogens (tertiary/aromatic N) is 2. The molecular formula is C51H78N2O7. The van der Waals surface area contributed by atoms with Gasteiger partial charge in [0, 0.05) is 50.4 Å². The Hall–Kier alpha value is -3.04. The van der Waals surface area contributed by atoms with E-state index in [-0.39, 0.29) is 57.8 Å². The number of carboxylic acid groups (broad SMARTS) is 1. The van der Waals surface area contributed by atoms with Gasteiger partial charge in [0.25, 0.3) is 0 Å². The molecule has 1 aromatic carbocycles. The summed E-state index contributed by atoms with van der Waals surface area (Å²) in [4.78, 5) is 57.5. The average molecular weight is 831 g/mol. The van der Waals surface area contributed by atoms with E-state index in [9.17, 15) is 24.3 Å². The number of rotatable bonds is 14. The molecule has 60 heavy (non-hydrogen) atoms. The van der Waals surface area contributed by atoms with E-state index in [2.05, 4.69) is 104 Å². The number of likely N-dealkylation sites (N-methyl/N-ethyl adjacent to an activating group) is 1. The van der Waals surface area contributed by atoms with Crippen molar-refractivity contribution in [1.29, 1.82) is 0 Å². The fraction of sp³-hybridized carbons (Fsp3) is 0.765. The molecule has 4 fully saturated rings. The molecule has 9 heteroatoms. The van der Waals surface area contributed by atoms with Crippen molar-refractivity contribution in [2.75, 3.05) is 33.7 Å². The van der Waals surface area contributed by atoms with Crippen LogP contribution in [0.15, 0.2) is 35.4 Å². The molecule has 6 rings (SSSR count). The molecular weight excluding hydrogens is 753 g/mol. The van der Waals surface area contributed by atoms with E-state index in [0.29, 0.717) is 24.8 Å². The van der Waals surface area contributed by atoms with Crippen molar-refractivity contribution in [2.45, 2.75) is 159 Å². The third-order valence-electron chi connectivity index (χ3n) is 17.6. The molecule has 1 N–H and O–H groups in total. The second kappa shape index (κ2) is 16.6. The zero-order chi connectivity index (χ0) is 44.4. The summed E-state index contributed by atoms with van der Waals surface area (Å²) in [6, 6.07) is 8.66. The molecule has 334 valence electrons. The number of carbonyl (C=O) groups excluding carboxylic acids is 3. The molecule has 0 unspecified atom stereocenters. The average Bonchev–Trinajstić information content (AvgIpc) is 3.44. The first kappa shape index (κ1) is 46.5. The van der Waals surface area contributed by atoms with Crippen LogP contribution in [-0.4, -0.2) is 84.5 Å². The number of ether oxygens (including phenoxy) is 2. The van der Waals surface area contributed by atoms with Gasteiger partial charge >= 0.3 is 17.9 Å². The number of ketones is 1. The van der Waals surface area contributed by atoms with Crippen LogP contribution in [-0.2, 0) is 35.2 Å². The van der Waals surface area contributed by atoms with Gasteiger partial charge in [0.2, 0.25) is 0 Å². The number of aliphatic carboxylic acids is 1. The second-order valence-corrected chi connectivity index (χ2v) is 22.7. The van der Waals surface area contributed by atoms with E-state index in [1.165, 1.54) is 23.6 Å². The van der Waals surface area contributed by atoms with Gasteiger partial charge in [0.15, 0.2) is 5.78 Å². The van der Waals surface area contributed by atoms with Crippen molar-refractivity contribution >= 4 is 23.7 Å². The van der Waals surface area contributed by atoms with Gasteiger partial charge in [-0.1, -0.05) is 78.3 Å². The summed E-state index contributed by atoms with van der Waals surface area (Å²) >= 11 is 0. The number of fused-ring (bicyclic) bond motifs is 7. The van der Waals surface area contributed by atoms with E-state index in [4.69, 9.17) is 9.47 Å². The summed E-state index contributed by atoms with van der Waals surface area (Å²) in [6.45, 7) is 26.4. The van der Waals surface area contributed by atoms with E-state index in [0.717, 1.165) is 76.6 Å². The van der Waals surface area contributed by atoms with Crippen molar-refractivity contribution < 1.29 is 33.8 Å². The van der Waals surface area contributed by atoms with Crippen molar-refractivity contribution in [3.05, 3.63) is 46.5 Å². The molecule has 0 aliphatic heterocycles. The molecule has 0 heterocycles. The quantitative estimate of drug-likeness (QED) is 0.183. The number of hydrogen-bond donors (Lipinski definition) is 1. The largest absolute Gasteiger partial charge is 0.481 e. The Morgan fingerprint density at radius 2 is 1.62 bits per heavy atom. The highest BCUT2D eigenvalue weighted by molar-refractivity contribution is 6.01. The molecule has 0 bridgehead atoms. The first-order valence-electron chi connectivity index (χ1n) is 23.1. The van der Waals surface area contributed by atoms with Crippen LogP contribution < -0.4 is 0 Å². The Balaban J connectivity index is 1.34. The Kier molecular flexibility index (Phi) is 12.8. The van der Waals surface area contributed by atoms with Crippen molar-refractivity contribution in [1.82, 2.24) is 9.80 Å². The van der Waals surface area contributed by atoms with Crippen LogP contribution >= 0.6 is 0 Å². The zero-order valence-electron chi connectivity index (χ0n) is 39.5. The molecule has 4 saturated carbocycles. The molecule has 5 aliphatic carbocycles. The molecule has 0 spiro atoms. The third-order valence-corrected chi connectivity index (χ3v) is 17.6. The smallest absolute Gasteiger partial charge is 0.309 e. The lowest BCUT2D eigenvalue weighted by Crippen LogP contribution is -2.66. The minimum absolute atomic E-state index is 0.0129. The van der Waals surface area contributed by atoms with Gasteiger partial charge in [-0.15, -0.1) is 0 Å².